The Balaban J connectivity index is 0.00000289. The summed E-state index contributed by atoms with van der Waals surface area (Å²) in [4.78, 5) is 13.0. The summed E-state index contributed by atoms with van der Waals surface area (Å²) in [6, 6.07) is 7.10. The maximum atomic E-state index is 11.5. The molecule has 102 valence electrons. The number of halogens is 2. The zero-order chi connectivity index (χ0) is 12.8. The number of rotatable bonds is 5. The van der Waals surface area contributed by atoms with Gasteiger partial charge in [-0.2, -0.15) is 0 Å². The number of nitrogens with zero attached hydrogens (tertiary/aromatic N) is 1. The fourth-order valence-electron chi connectivity index (χ4n) is 1.29. The first-order chi connectivity index (χ1) is 8.00. The van der Waals surface area contributed by atoms with E-state index < -0.39 is 6.04 Å². The number of benzene rings is 1. The Bertz CT molecular complexity index is 371. The van der Waals surface area contributed by atoms with E-state index in [-0.39, 0.29) is 18.3 Å². The number of ether oxygens (including phenoxy) is 1. The Hall–Kier alpha value is -0.780. The molecule has 6 heteroatoms. The molecule has 18 heavy (non-hydrogen) atoms. The van der Waals surface area contributed by atoms with Gasteiger partial charge in [-0.15, -0.1) is 12.4 Å². The molecule has 2 N–H and O–H groups in total. The SMILES string of the molecule is C[C@@H](N)C(=O)N(C)CCOc1ccc(Br)cc1.Cl. The van der Waals surface area contributed by atoms with Gasteiger partial charge in [0.15, 0.2) is 0 Å². The van der Waals surface area contributed by atoms with Gasteiger partial charge in [0.1, 0.15) is 12.4 Å². The van der Waals surface area contributed by atoms with Gasteiger partial charge in [0.25, 0.3) is 0 Å². The lowest BCUT2D eigenvalue weighted by atomic mass is 10.3. The first-order valence-electron chi connectivity index (χ1n) is 5.39. The van der Waals surface area contributed by atoms with Gasteiger partial charge < -0.3 is 15.4 Å². The van der Waals surface area contributed by atoms with Crippen LogP contribution in [0, 0.1) is 0 Å². The zero-order valence-corrected chi connectivity index (χ0v) is 12.8. The van der Waals surface area contributed by atoms with E-state index in [0.717, 1.165) is 10.2 Å². The van der Waals surface area contributed by atoms with Crippen LogP contribution in [0.2, 0.25) is 0 Å². The minimum Gasteiger partial charge on any atom is -0.492 e. The van der Waals surface area contributed by atoms with E-state index in [1.165, 1.54) is 0 Å². The summed E-state index contributed by atoms with van der Waals surface area (Å²) in [6.07, 6.45) is 0. The fourth-order valence-corrected chi connectivity index (χ4v) is 1.55. The Kier molecular flexibility index (Phi) is 7.98. The van der Waals surface area contributed by atoms with E-state index in [4.69, 9.17) is 10.5 Å². The predicted octanol–water partition coefficient (Wildman–Crippen LogP) is 2.06. The minimum absolute atomic E-state index is 0. The Morgan fingerprint density at radius 3 is 2.50 bits per heavy atom. The van der Waals surface area contributed by atoms with Gasteiger partial charge in [-0.25, -0.2) is 0 Å². The van der Waals surface area contributed by atoms with E-state index in [9.17, 15) is 4.79 Å². The monoisotopic (exact) mass is 336 g/mol. The zero-order valence-electron chi connectivity index (χ0n) is 10.4. The van der Waals surface area contributed by atoms with Crippen molar-refractivity contribution in [2.75, 3.05) is 20.2 Å². The van der Waals surface area contributed by atoms with Gasteiger partial charge in [-0.1, -0.05) is 15.9 Å². The molecule has 1 amide bonds. The standard InChI is InChI=1S/C12H17BrN2O2.ClH/c1-9(14)12(16)15(2)7-8-17-11-5-3-10(13)4-6-11;/h3-6,9H,7-8,14H2,1-2H3;1H/t9-;/m1./s1. The van der Waals surface area contributed by atoms with Gasteiger partial charge in [-0.3, -0.25) is 4.79 Å². The first-order valence-corrected chi connectivity index (χ1v) is 6.19. The van der Waals surface area contributed by atoms with Crippen molar-refractivity contribution in [2.45, 2.75) is 13.0 Å². The van der Waals surface area contributed by atoms with Crippen LogP contribution in [0.1, 0.15) is 6.92 Å². The van der Waals surface area contributed by atoms with Crippen molar-refractivity contribution in [3.05, 3.63) is 28.7 Å². The molecule has 0 heterocycles. The van der Waals surface area contributed by atoms with Crippen LogP contribution in [0.5, 0.6) is 5.75 Å². The van der Waals surface area contributed by atoms with Crippen molar-refractivity contribution >= 4 is 34.2 Å². The van der Waals surface area contributed by atoms with Crippen LogP contribution in [-0.2, 0) is 4.79 Å². The summed E-state index contributed by atoms with van der Waals surface area (Å²) in [7, 11) is 1.72. The van der Waals surface area contributed by atoms with Crippen LogP contribution in [0.4, 0.5) is 0 Å². The second-order valence-electron chi connectivity index (χ2n) is 3.85. The van der Waals surface area contributed by atoms with E-state index >= 15 is 0 Å². The van der Waals surface area contributed by atoms with E-state index in [1.54, 1.807) is 18.9 Å². The third-order valence-electron chi connectivity index (χ3n) is 2.27. The molecule has 1 aromatic carbocycles. The molecule has 1 atom stereocenters. The molecule has 1 rings (SSSR count). The van der Waals surface area contributed by atoms with Crippen LogP contribution < -0.4 is 10.5 Å². The van der Waals surface area contributed by atoms with Gasteiger partial charge in [0.2, 0.25) is 5.91 Å². The van der Waals surface area contributed by atoms with Gasteiger partial charge in [-0.05, 0) is 31.2 Å². The summed E-state index contributed by atoms with van der Waals surface area (Å²) in [6.45, 7) is 2.65. The Labute approximate surface area is 122 Å². The fraction of sp³-hybridized carbons (Fsp3) is 0.417. The number of hydrogen-bond acceptors (Lipinski definition) is 3. The lowest BCUT2D eigenvalue weighted by molar-refractivity contribution is -0.131. The van der Waals surface area contributed by atoms with E-state index in [1.807, 2.05) is 24.3 Å². The second-order valence-corrected chi connectivity index (χ2v) is 4.77. The average molecular weight is 338 g/mol. The molecular weight excluding hydrogens is 320 g/mol. The number of nitrogens with two attached hydrogens (primary N) is 1. The highest BCUT2D eigenvalue weighted by molar-refractivity contribution is 9.10. The molecule has 0 fully saturated rings. The van der Waals surface area contributed by atoms with Crippen molar-refractivity contribution in [3.8, 4) is 5.75 Å². The lowest BCUT2D eigenvalue weighted by Crippen LogP contribution is -2.41. The third-order valence-corrected chi connectivity index (χ3v) is 2.80. The van der Waals surface area contributed by atoms with Crippen LogP contribution in [0.25, 0.3) is 0 Å². The molecule has 0 aliphatic carbocycles. The summed E-state index contributed by atoms with van der Waals surface area (Å²) in [5.74, 6) is 0.708. The Morgan fingerprint density at radius 2 is 2.00 bits per heavy atom. The van der Waals surface area contributed by atoms with E-state index in [0.29, 0.717) is 13.2 Å². The summed E-state index contributed by atoms with van der Waals surface area (Å²) < 4.78 is 6.51. The van der Waals surface area contributed by atoms with Crippen molar-refractivity contribution in [3.63, 3.8) is 0 Å². The van der Waals surface area contributed by atoms with Crippen molar-refractivity contribution in [2.24, 2.45) is 5.73 Å². The molecule has 0 radical (unpaired) electrons. The largest absolute Gasteiger partial charge is 0.492 e. The molecule has 0 aliphatic rings. The van der Waals surface area contributed by atoms with Gasteiger partial charge in [0.05, 0.1) is 12.6 Å². The maximum absolute atomic E-state index is 11.5. The summed E-state index contributed by atoms with van der Waals surface area (Å²) in [5.41, 5.74) is 5.50. The van der Waals surface area contributed by atoms with Crippen molar-refractivity contribution < 1.29 is 9.53 Å². The summed E-state index contributed by atoms with van der Waals surface area (Å²) >= 11 is 3.35. The van der Waals surface area contributed by atoms with E-state index in [2.05, 4.69) is 15.9 Å². The van der Waals surface area contributed by atoms with Crippen molar-refractivity contribution in [1.82, 2.24) is 4.90 Å². The highest BCUT2D eigenvalue weighted by Gasteiger charge is 2.12. The van der Waals surface area contributed by atoms with Gasteiger partial charge >= 0.3 is 0 Å². The topological polar surface area (TPSA) is 55.6 Å². The molecule has 0 spiro atoms. The van der Waals surface area contributed by atoms with Crippen LogP contribution in [0.3, 0.4) is 0 Å². The normalized spacial score (nSPS) is 11.3. The molecule has 0 bridgehead atoms. The smallest absolute Gasteiger partial charge is 0.239 e. The van der Waals surface area contributed by atoms with Crippen LogP contribution in [0.15, 0.2) is 28.7 Å². The van der Waals surface area contributed by atoms with Crippen LogP contribution >= 0.6 is 28.3 Å². The number of amides is 1. The quantitative estimate of drug-likeness (QED) is 0.895. The Morgan fingerprint density at radius 1 is 1.44 bits per heavy atom. The van der Waals surface area contributed by atoms with Crippen LogP contribution in [-0.4, -0.2) is 37.0 Å². The molecule has 1 aromatic rings. The van der Waals surface area contributed by atoms with Crippen molar-refractivity contribution in [1.29, 1.82) is 0 Å². The highest BCUT2D eigenvalue weighted by atomic mass is 79.9. The number of likely N-dealkylation sites (N-methyl/N-ethyl adjacent to an activating group) is 1. The molecule has 4 nitrogen and oxygen atoms in total. The summed E-state index contributed by atoms with van der Waals surface area (Å²) in [5, 5.41) is 0. The first kappa shape index (κ1) is 17.2. The number of carbonyl (C=O) groups excluding carboxylic acids is 1. The number of carbonyl (C=O) groups is 1. The molecule has 0 aromatic heterocycles. The minimum atomic E-state index is -0.465. The van der Waals surface area contributed by atoms with Gasteiger partial charge in [0, 0.05) is 11.5 Å². The molecule has 0 saturated carbocycles. The third kappa shape index (κ3) is 5.71. The highest BCUT2D eigenvalue weighted by Crippen LogP contribution is 2.15. The second kappa shape index (κ2) is 8.34. The molecular formula is C12H18BrClN2O2. The maximum Gasteiger partial charge on any atom is 0.239 e. The predicted molar refractivity (Wildman–Crippen MR) is 78.2 cm³/mol. The molecule has 0 aliphatic heterocycles. The average Bonchev–Trinajstić information content (AvgIpc) is 2.30. The molecule has 0 unspecified atom stereocenters. The molecule has 0 saturated heterocycles. The number of hydrogen-bond donors (Lipinski definition) is 1. The lowest BCUT2D eigenvalue weighted by Gasteiger charge is -2.19.